The summed E-state index contributed by atoms with van der Waals surface area (Å²) in [5.41, 5.74) is 3.92. The van der Waals surface area contributed by atoms with Crippen molar-refractivity contribution in [2.45, 2.75) is 32.2 Å². The van der Waals surface area contributed by atoms with E-state index in [0.29, 0.717) is 0 Å². The number of nitrogens with one attached hydrogen (secondary N) is 1. The molecule has 4 rings (SSSR count). The minimum absolute atomic E-state index is 0.160. The van der Waals surface area contributed by atoms with E-state index in [2.05, 4.69) is 51.3 Å². The first-order valence-electron chi connectivity index (χ1n) is 9.39. The molecule has 1 aliphatic heterocycles. The molecule has 1 aromatic carbocycles. The Hall–Kier alpha value is -1.65. The van der Waals surface area contributed by atoms with Crippen LogP contribution in [0.2, 0.25) is 0 Å². The van der Waals surface area contributed by atoms with Crippen LogP contribution in [0.3, 0.4) is 0 Å². The van der Waals surface area contributed by atoms with Gasteiger partial charge in [0.15, 0.2) is 0 Å². The van der Waals surface area contributed by atoms with E-state index in [4.69, 9.17) is 0 Å². The third kappa shape index (κ3) is 4.50. The number of hydrogen-bond donors (Lipinski definition) is 1. The maximum atomic E-state index is 12.4. The summed E-state index contributed by atoms with van der Waals surface area (Å²) in [7, 11) is 0. The molecule has 4 heteroatoms. The SMILES string of the molecule is O=C(NCC1CC1)C1CCCN(Cc2cccc(-c3ccsc3)c2)C1. The standard InChI is InChI=1S/C21H26N2OS/c24-21(22-12-16-6-7-16)19-5-2-9-23(14-19)13-17-3-1-4-18(11-17)20-8-10-25-15-20/h1,3-4,8,10-11,15-16,19H,2,5-7,9,12-14H2,(H,22,24). The van der Waals surface area contributed by atoms with Crippen LogP contribution in [-0.4, -0.2) is 30.4 Å². The van der Waals surface area contributed by atoms with Crippen molar-refractivity contribution in [1.29, 1.82) is 0 Å². The molecule has 25 heavy (non-hydrogen) atoms. The Balaban J connectivity index is 1.35. The summed E-state index contributed by atoms with van der Waals surface area (Å²) < 4.78 is 0. The predicted molar refractivity (Wildman–Crippen MR) is 103 cm³/mol. The Bertz CT molecular complexity index is 708. The van der Waals surface area contributed by atoms with Crippen molar-refractivity contribution in [3.8, 4) is 11.1 Å². The van der Waals surface area contributed by atoms with Crippen LogP contribution in [-0.2, 0) is 11.3 Å². The quantitative estimate of drug-likeness (QED) is 0.845. The maximum absolute atomic E-state index is 12.4. The van der Waals surface area contributed by atoms with Crippen LogP contribution in [0.4, 0.5) is 0 Å². The number of thiophene rings is 1. The van der Waals surface area contributed by atoms with Crippen molar-refractivity contribution in [1.82, 2.24) is 10.2 Å². The van der Waals surface area contributed by atoms with Crippen LogP contribution in [0.25, 0.3) is 11.1 Å². The summed E-state index contributed by atoms with van der Waals surface area (Å²) in [5.74, 6) is 1.18. The molecule has 2 aliphatic rings. The Morgan fingerprint density at radius 2 is 2.12 bits per heavy atom. The van der Waals surface area contributed by atoms with Crippen LogP contribution in [0.1, 0.15) is 31.2 Å². The lowest BCUT2D eigenvalue weighted by Crippen LogP contribution is -2.43. The number of piperidine rings is 1. The fourth-order valence-electron chi connectivity index (χ4n) is 3.66. The molecular formula is C21H26N2OS. The molecule has 1 saturated carbocycles. The largest absolute Gasteiger partial charge is 0.356 e. The topological polar surface area (TPSA) is 32.3 Å². The first-order valence-corrected chi connectivity index (χ1v) is 10.3. The summed E-state index contributed by atoms with van der Waals surface area (Å²) in [4.78, 5) is 14.8. The average Bonchev–Trinajstić information content (AvgIpc) is 3.31. The Kier molecular flexibility index (Phi) is 5.18. The molecule has 0 spiro atoms. The van der Waals surface area contributed by atoms with E-state index in [1.807, 2.05) is 0 Å². The number of hydrogen-bond acceptors (Lipinski definition) is 3. The van der Waals surface area contributed by atoms with Gasteiger partial charge >= 0.3 is 0 Å². The van der Waals surface area contributed by atoms with Gasteiger partial charge in [0.25, 0.3) is 0 Å². The highest BCUT2D eigenvalue weighted by Gasteiger charge is 2.28. The number of carbonyl (C=O) groups is 1. The highest BCUT2D eigenvalue weighted by molar-refractivity contribution is 7.08. The van der Waals surface area contributed by atoms with Gasteiger partial charge in [-0.2, -0.15) is 11.3 Å². The van der Waals surface area contributed by atoms with E-state index in [1.165, 1.54) is 29.5 Å². The van der Waals surface area contributed by atoms with Gasteiger partial charge in [0.1, 0.15) is 0 Å². The van der Waals surface area contributed by atoms with Crippen molar-refractivity contribution >= 4 is 17.2 Å². The highest BCUT2D eigenvalue weighted by Crippen LogP contribution is 2.28. The van der Waals surface area contributed by atoms with Crippen molar-refractivity contribution in [2.24, 2.45) is 11.8 Å². The molecule has 1 aromatic heterocycles. The summed E-state index contributed by atoms with van der Waals surface area (Å²) in [6, 6.07) is 11.0. The highest BCUT2D eigenvalue weighted by atomic mass is 32.1. The summed E-state index contributed by atoms with van der Waals surface area (Å²) in [5, 5.41) is 7.48. The molecule has 2 aromatic rings. The average molecular weight is 355 g/mol. The summed E-state index contributed by atoms with van der Waals surface area (Å²) in [6.45, 7) is 3.80. The summed E-state index contributed by atoms with van der Waals surface area (Å²) >= 11 is 1.74. The Labute approximate surface area is 154 Å². The molecule has 1 amide bonds. The van der Waals surface area contributed by atoms with Crippen LogP contribution in [0, 0.1) is 11.8 Å². The number of rotatable bonds is 6. The molecule has 1 saturated heterocycles. The van der Waals surface area contributed by atoms with Gasteiger partial charge in [0.2, 0.25) is 5.91 Å². The number of nitrogens with zero attached hydrogens (tertiary/aromatic N) is 1. The second-order valence-corrected chi connectivity index (χ2v) is 8.26. The molecule has 2 fully saturated rings. The first kappa shape index (κ1) is 16.8. The number of carbonyl (C=O) groups excluding carboxylic acids is 1. The van der Waals surface area contributed by atoms with Gasteiger partial charge in [-0.15, -0.1) is 0 Å². The normalized spacial score (nSPS) is 21.2. The van der Waals surface area contributed by atoms with Crippen LogP contribution < -0.4 is 5.32 Å². The minimum Gasteiger partial charge on any atom is -0.356 e. The second-order valence-electron chi connectivity index (χ2n) is 7.48. The maximum Gasteiger partial charge on any atom is 0.224 e. The van der Waals surface area contributed by atoms with Gasteiger partial charge in [-0.3, -0.25) is 9.69 Å². The fourth-order valence-corrected chi connectivity index (χ4v) is 4.33. The van der Waals surface area contributed by atoms with Gasteiger partial charge in [-0.05, 0) is 77.7 Å². The third-order valence-corrected chi connectivity index (χ3v) is 6.01. The monoisotopic (exact) mass is 354 g/mol. The van der Waals surface area contributed by atoms with Crippen LogP contribution >= 0.6 is 11.3 Å². The minimum atomic E-state index is 0.160. The van der Waals surface area contributed by atoms with Crippen LogP contribution in [0.5, 0.6) is 0 Å². The summed E-state index contributed by atoms with van der Waals surface area (Å²) in [6.07, 6.45) is 4.72. The zero-order chi connectivity index (χ0) is 17.1. The molecule has 0 radical (unpaired) electrons. The van der Waals surface area contributed by atoms with Crippen LogP contribution in [0.15, 0.2) is 41.1 Å². The van der Waals surface area contributed by atoms with E-state index in [9.17, 15) is 4.79 Å². The molecule has 3 nitrogen and oxygen atoms in total. The van der Waals surface area contributed by atoms with Gasteiger partial charge in [-0.25, -0.2) is 0 Å². The number of likely N-dealkylation sites (tertiary alicyclic amines) is 1. The zero-order valence-electron chi connectivity index (χ0n) is 14.6. The molecule has 1 atom stereocenters. The number of benzene rings is 1. The van der Waals surface area contributed by atoms with Gasteiger partial charge < -0.3 is 5.32 Å². The lowest BCUT2D eigenvalue weighted by atomic mass is 9.96. The molecule has 1 N–H and O–H groups in total. The Morgan fingerprint density at radius 3 is 2.92 bits per heavy atom. The van der Waals surface area contributed by atoms with Crippen molar-refractivity contribution in [3.05, 3.63) is 46.7 Å². The Morgan fingerprint density at radius 1 is 1.20 bits per heavy atom. The van der Waals surface area contributed by atoms with Crippen molar-refractivity contribution in [2.75, 3.05) is 19.6 Å². The van der Waals surface area contributed by atoms with E-state index in [0.717, 1.165) is 44.9 Å². The van der Waals surface area contributed by atoms with Gasteiger partial charge in [0, 0.05) is 19.6 Å². The molecule has 1 unspecified atom stereocenters. The lowest BCUT2D eigenvalue weighted by molar-refractivity contribution is -0.126. The molecule has 2 heterocycles. The third-order valence-electron chi connectivity index (χ3n) is 5.33. The van der Waals surface area contributed by atoms with Gasteiger partial charge in [-0.1, -0.05) is 18.2 Å². The van der Waals surface area contributed by atoms with Gasteiger partial charge in [0.05, 0.1) is 5.92 Å². The van der Waals surface area contributed by atoms with E-state index >= 15 is 0 Å². The number of amides is 1. The van der Waals surface area contributed by atoms with E-state index in [-0.39, 0.29) is 11.8 Å². The predicted octanol–water partition coefficient (Wildman–Crippen LogP) is 4.15. The molecule has 0 bridgehead atoms. The van der Waals surface area contributed by atoms with E-state index < -0.39 is 0 Å². The van der Waals surface area contributed by atoms with Crippen molar-refractivity contribution in [3.63, 3.8) is 0 Å². The molecular weight excluding hydrogens is 328 g/mol. The second kappa shape index (κ2) is 7.71. The molecule has 1 aliphatic carbocycles. The first-order chi connectivity index (χ1) is 12.3. The van der Waals surface area contributed by atoms with Crippen molar-refractivity contribution < 1.29 is 4.79 Å². The lowest BCUT2D eigenvalue weighted by Gasteiger charge is -2.32. The van der Waals surface area contributed by atoms with E-state index in [1.54, 1.807) is 11.3 Å². The smallest absolute Gasteiger partial charge is 0.224 e. The molecule has 132 valence electrons. The fraction of sp³-hybridized carbons (Fsp3) is 0.476. The zero-order valence-corrected chi connectivity index (χ0v) is 15.4.